The summed E-state index contributed by atoms with van der Waals surface area (Å²) in [6.45, 7) is 1.87. The van der Waals surface area contributed by atoms with Crippen molar-refractivity contribution in [1.82, 2.24) is 14.9 Å². The highest BCUT2D eigenvalue weighted by Crippen LogP contribution is 2.09. The number of likely N-dealkylation sites (N-methyl/N-ethyl adjacent to an activating group) is 2. The van der Waals surface area contributed by atoms with Gasteiger partial charge in [-0.3, -0.25) is 4.98 Å². The molecule has 6 heteroatoms. The van der Waals surface area contributed by atoms with Crippen LogP contribution < -0.4 is 16.2 Å². The maximum atomic E-state index is 5.26. The monoisotopic (exact) mass is 210 g/mol. The molecule has 1 rings (SSSR count). The summed E-state index contributed by atoms with van der Waals surface area (Å²) in [4.78, 5) is 12.5. The summed E-state index contributed by atoms with van der Waals surface area (Å²) in [6.07, 6.45) is 3.31. The third kappa shape index (κ3) is 3.69. The molecule has 0 fully saturated rings. The number of nitrogen functional groups attached to an aromatic ring is 1. The van der Waals surface area contributed by atoms with Gasteiger partial charge >= 0.3 is 0 Å². The van der Waals surface area contributed by atoms with Gasteiger partial charge in [-0.25, -0.2) is 10.8 Å². The summed E-state index contributed by atoms with van der Waals surface area (Å²) in [7, 11) is 6.06. The molecule has 0 radical (unpaired) electrons. The molecule has 1 aromatic heterocycles. The molecular formula is C9H18N6. The number of hydrazine groups is 1. The van der Waals surface area contributed by atoms with E-state index in [1.165, 1.54) is 0 Å². The average Bonchev–Trinajstić information content (AvgIpc) is 2.26. The summed E-state index contributed by atoms with van der Waals surface area (Å²) < 4.78 is 0. The molecule has 84 valence electrons. The van der Waals surface area contributed by atoms with Crippen molar-refractivity contribution in [2.24, 2.45) is 5.84 Å². The molecule has 0 aliphatic carbocycles. The van der Waals surface area contributed by atoms with Gasteiger partial charge in [0.2, 0.25) is 0 Å². The predicted octanol–water partition coefficient (Wildman–Crippen LogP) is -0.240. The number of nitrogens with zero attached hydrogens (tertiary/aromatic N) is 4. The third-order valence-corrected chi connectivity index (χ3v) is 2.04. The molecule has 0 atom stereocenters. The minimum absolute atomic E-state index is 0.573. The van der Waals surface area contributed by atoms with Gasteiger partial charge in [-0.2, -0.15) is 0 Å². The van der Waals surface area contributed by atoms with Crippen molar-refractivity contribution in [2.45, 2.75) is 0 Å². The lowest BCUT2D eigenvalue weighted by atomic mass is 10.5. The zero-order valence-corrected chi connectivity index (χ0v) is 9.44. The van der Waals surface area contributed by atoms with Crippen molar-refractivity contribution in [3.63, 3.8) is 0 Å². The van der Waals surface area contributed by atoms with E-state index >= 15 is 0 Å². The van der Waals surface area contributed by atoms with Crippen molar-refractivity contribution < 1.29 is 0 Å². The fourth-order valence-electron chi connectivity index (χ4n) is 1.07. The van der Waals surface area contributed by atoms with Gasteiger partial charge in [0.05, 0.1) is 12.4 Å². The molecular weight excluding hydrogens is 192 g/mol. The third-order valence-electron chi connectivity index (χ3n) is 2.04. The Hall–Kier alpha value is -1.40. The van der Waals surface area contributed by atoms with Crippen molar-refractivity contribution in [3.8, 4) is 0 Å². The highest BCUT2D eigenvalue weighted by molar-refractivity contribution is 5.42. The van der Waals surface area contributed by atoms with Crippen LogP contribution in [0, 0.1) is 0 Å². The molecule has 0 spiro atoms. The lowest BCUT2D eigenvalue weighted by Gasteiger charge is -2.20. The maximum absolute atomic E-state index is 5.26. The van der Waals surface area contributed by atoms with Gasteiger partial charge in [0.15, 0.2) is 5.82 Å². The molecule has 0 aliphatic rings. The first-order valence-electron chi connectivity index (χ1n) is 4.78. The van der Waals surface area contributed by atoms with Crippen LogP contribution in [-0.2, 0) is 0 Å². The molecule has 0 amide bonds. The summed E-state index contributed by atoms with van der Waals surface area (Å²) in [5.74, 6) is 6.65. The second-order valence-corrected chi connectivity index (χ2v) is 3.63. The van der Waals surface area contributed by atoms with E-state index in [-0.39, 0.29) is 0 Å². The van der Waals surface area contributed by atoms with Crippen LogP contribution >= 0.6 is 0 Å². The quantitative estimate of drug-likeness (QED) is 0.516. The number of rotatable bonds is 5. The van der Waals surface area contributed by atoms with Crippen LogP contribution in [0.2, 0.25) is 0 Å². The van der Waals surface area contributed by atoms with E-state index in [0.29, 0.717) is 5.82 Å². The number of nitrogens with two attached hydrogens (primary N) is 1. The molecule has 1 aromatic rings. The number of hydrogen-bond donors (Lipinski definition) is 2. The van der Waals surface area contributed by atoms with Crippen LogP contribution in [0.5, 0.6) is 0 Å². The number of aromatic nitrogens is 2. The molecule has 0 aromatic carbocycles. The van der Waals surface area contributed by atoms with E-state index in [4.69, 9.17) is 5.84 Å². The minimum atomic E-state index is 0.573. The Morgan fingerprint density at radius 1 is 1.27 bits per heavy atom. The van der Waals surface area contributed by atoms with E-state index in [2.05, 4.69) is 20.3 Å². The summed E-state index contributed by atoms with van der Waals surface area (Å²) in [5.41, 5.74) is 2.48. The lowest BCUT2D eigenvalue weighted by molar-refractivity contribution is 0.416. The zero-order chi connectivity index (χ0) is 11.3. The smallest absolute Gasteiger partial charge is 0.160 e. The SMILES string of the molecule is CN(C)CCN(C)c1cncc(NN)n1. The average molecular weight is 210 g/mol. The summed E-state index contributed by atoms with van der Waals surface area (Å²) in [6, 6.07) is 0. The molecule has 6 nitrogen and oxygen atoms in total. The first kappa shape index (κ1) is 11.7. The van der Waals surface area contributed by atoms with Crippen molar-refractivity contribution in [2.75, 3.05) is 44.6 Å². The Bertz CT molecular complexity index is 300. The Morgan fingerprint density at radius 2 is 2.00 bits per heavy atom. The van der Waals surface area contributed by atoms with Gasteiger partial charge in [0, 0.05) is 20.1 Å². The van der Waals surface area contributed by atoms with E-state index in [1.807, 2.05) is 26.0 Å². The molecule has 0 saturated carbocycles. The molecule has 1 heterocycles. The molecule has 15 heavy (non-hydrogen) atoms. The predicted molar refractivity (Wildman–Crippen MR) is 61.7 cm³/mol. The molecule has 0 bridgehead atoms. The first-order valence-corrected chi connectivity index (χ1v) is 4.78. The number of anilines is 2. The minimum Gasteiger partial charge on any atom is -0.357 e. The Labute approximate surface area is 90.1 Å². The van der Waals surface area contributed by atoms with Gasteiger partial charge in [0.1, 0.15) is 5.82 Å². The largest absolute Gasteiger partial charge is 0.357 e. The van der Waals surface area contributed by atoms with E-state index in [0.717, 1.165) is 18.9 Å². The van der Waals surface area contributed by atoms with E-state index in [9.17, 15) is 0 Å². The van der Waals surface area contributed by atoms with Crippen LogP contribution in [0.4, 0.5) is 11.6 Å². The normalized spacial score (nSPS) is 10.5. The van der Waals surface area contributed by atoms with E-state index in [1.54, 1.807) is 12.4 Å². The summed E-state index contributed by atoms with van der Waals surface area (Å²) >= 11 is 0. The fraction of sp³-hybridized carbons (Fsp3) is 0.556. The standard InChI is InChI=1S/C9H18N6/c1-14(2)4-5-15(3)9-7-11-6-8(12-9)13-10/h6-7H,4-5,10H2,1-3H3,(H,12,13). The van der Waals surface area contributed by atoms with Gasteiger partial charge in [-0.1, -0.05) is 0 Å². The molecule has 0 aliphatic heterocycles. The Kier molecular flexibility index (Phi) is 4.26. The van der Waals surface area contributed by atoms with Crippen LogP contribution in [-0.4, -0.2) is 49.1 Å². The van der Waals surface area contributed by atoms with Gasteiger partial charge in [0.25, 0.3) is 0 Å². The summed E-state index contributed by atoms with van der Waals surface area (Å²) in [5, 5.41) is 0. The van der Waals surface area contributed by atoms with Crippen molar-refractivity contribution >= 4 is 11.6 Å². The maximum Gasteiger partial charge on any atom is 0.160 e. The Balaban J connectivity index is 2.60. The van der Waals surface area contributed by atoms with Crippen LogP contribution in [0.1, 0.15) is 0 Å². The van der Waals surface area contributed by atoms with Crippen LogP contribution in [0.25, 0.3) is 0 Å². The first-order chi connectivity index (χ1) is 7.13. The molecule has 3 N–H and O–H groups in total. The van der Waals surface area contributed by atoms with E-state index < -0.39 is 0 Å². The fourth-order valence-corrected chi connectivity index (χ4v) is 1.07. The molecule has 0 saturated heterocycles. The van der Waals surface area contributed by atoms with Gasteiger partial charge in [-0.15, -0.1) is 0 Å². The zero-order valence-electron chi connectivity index (χ0n) is 9.44. The van der Waals surface area contributed by atoms with Crippen LogP contribution in [0.3, 0.4) is 0 Å². The second-order valence-electron chi connectivity index (χ2n) is 3.63. The topological polar surface area (TPSA) is 70.3 Å². The van der Waals surface area contributed by atoms with Crippen molar-refractivity contribution in [1.29, 1.82) is 0 Å². The Morgan fingerprint density at radius 3 is 2.60 bits per heavy atom. The van der Waals surface area contributed by atoms with Gasteiger partial charge < -0.3 is 15.2 Å². The molecule has 0 unspecified atom stereocenters. The van der Waals surface area contributed by atoms with Gasteiger partial charge in [-0.05, 0) is 14.1 Å². The van der Waals surface area contributed by atoms with Crippen molar-refractivity contribution in [3.05, 3.63) is 12.4 Å². The highest BCUT2D eigenvalue weighted by atomic mass is 15.3. The number of nitrogens with one attached hydrogen (secondary N) is 1. The second kappa shape index (κ2) is 5.47. The number of hydrogen-bond acceptors (Lipinski definition) is 6. The highest BCUT2D eigenvalue weighted by Gasteiger charge is 2.03. The lowest BCUT2D eigenvalue weighted by Crippen LogP contribution is -2.29. The van der Waals surface area contributed by atoms with Crippen LogP contribution in [0.15, 0.2) is 12.4 Å².